The molecule has 0 saturated heterocycles. The molecule has 1 fully saturated rings. The highest BCUT2D eigenvalue weighted by molar-refractivity contribution is 7.90. The molecule has 1 aliphatic rings. The third-order valence-corrected chi connectivity index (χ3v) is 7.65. The minimum atomic E-state index is -3.67. The number of halogens is 1. The van der Waals surface area contributed by atoms with Gasteiger partial charge in [-0.2, -0.15) is 0 Å². The van der Waals surface area contributed by atoms with E-state index in [0.717, 1.165) is 29.7 Å². The van der Waals surface area contributed by atoms with E-state index in [0.29, 0.717) is 23.7 Å². The van der Waals surface area contributed by atoms with Gasteiger partial charge >= 0.3 is 0 Å². The van der Waals surface area contributed by atoms with E-state index in [9.17, 15) is 13.2 Å². The van der Waals surface area contributed by atoms with E-state index in [4.69, 9.17) is 11.6 Å². The van der Waals surface area contributed by atoms with E-state index in [-0.39, 0.29) is 28.8 Å². The fraction of sp³-hybridized carbons (Fsp3) is 0.385. The van der Waals surface area contributed by atoms with E-state index < -0.39 is 9.84 Å². The van der Waals surface area contributed by atoms with Crippen molar-refractivity contribution in [1.82, 2.24) is 14.5 Å². The van der Waals surface area contributed by atoms with E-state index >= 15 is 0 Å². The molecule has 0 radical (unpaired) electrons. The Morgan fingerprint density at radius 3 is 2.56 bits per heavy atom. The minimum Gasteiger partial charge on any atom is -0.330 e. The molecule has 0 bridgehead atoms. The van der Waals surface area contributed by atoms with Crippen LogP contribution in [0.5, 0.6) is 0 Å². The highest BCUT2D eigenvalue weighted by Crippen LogP contribution is 2.31. The van der Waals surface area contributed by atoms with Crippen LogP contribution in [0.1, 0.15) is 53.9 Å². The van der Waals surface area contributed by atoms with Gasteiger partial charge in [-0.05, 0) is 49.4 Å². The van der Waals surface area contributed by atoms with Gasteiger partial charge in [0.2, 0.25) is 15.0 Å². The second-order valence-electron chi connectivity index (χ2n) is 9.46. The van der Waals surface area contributed by atoms with Crippen LogP contribution in [0.2, 0.25) is 5.02 Å². The van der Waals surface area contributed by atoms with Crippen LogP contribution >= 0.6 is 11.6 Å². The molecule has 1 aromatic heterocycles. The number of hydrogen-bond donors (Lipinski definition) is 0. The SMILES string of the molecule is Cc1cccc(CS(=O)(=O)c2ncc(CN(C(=O)c3cccc(Cl)c3)C3CC3)n2CC(C)C)c1. The first kappa shape index (κ1) is 24.5. The van der Waals surface area contributed by atoms with E-state index in [1.807, 2.05) is 49.9 Å². The van der Waals surface area contributed by atoms with Crippen molar-refractivity contribution in [1.29, 1.82) is 0 Å². The van der Waals surface area contributed by atoms with Gasteiger partial charge in [0.1, 0.15) is 0 Å². The number of aryl methyl sites for hydroxylation is 1. The zero-order valence-corrected chi connectivity index (χ0v) is 21.3. The number of amides is 1. The summed E-state index contributed by atoms with van der Waals surface area (Å²) in [4.78, 5) is 19.5. The second-order valence-corrected chi connectivity index (χ2v) is 11.8. The number of carbonyl (C=O) groups is 1. The average molecular weight is 500 g/mol. The van der Waals surface area contributed by atoms with Crippen molar-refractivity contribution in [3.63, 3.8) is 0 Å². The van der Waals surface area contributed by atoms with Gasteiger partial charge in [-0.1, -0.05) is 61.3 Å². The molecule has 1 heterocycles. The molecule has 1 aliphatic carbocycles. The Bertz CT molecular complexity index is 1300. The molecule has 0 aliphatic heterocycles. The fourth-order valence-corrected chi connectivity index (χ4v) is 5.81. The molecule has 1 amide bonds. The van der Waals surface area contributed by atoms with Gasteiger partial charge < -0.3 is 9.47 Å². The smallest absolute Gasteiger partial charge is 0.254 e. The summed E-state index contributed by atoms with van der Waals surface area (Å²) in [6, 6.07) is 14.6. The van der Waals surface area contributed by atoms with Crippen LogP contribution < -0.4 is 0 Å². The monoisotopic (exact) mass is 499 g/mol. The lowest BCUT2D eigenvalue weighted by molar-refractivity contribution is 0.0725. The van der Waals surface area contributed by atoms with Crippen LogP contribution in [-0.4, -0.2) is 34.8 Å². The van der Waals surface area contributed by atoms with Crippen molar-refractivity contribution in [2.75, 3.05) is 0 Å². The predicted molar refractivity (Wildman–Crippen MR) is 133 cm³/mol. The van der Waals surface area contributed by atoms with Crippen LogP contribution in [0.15, 0.2) is 59.9 Å². The summed E-state index contributed by atoms with van der Waals surface area (Å²) < 4.78 is 28.5. The number of nitrogens with zero attached hydrogens (tertiary/aromatic N) is 3. The molecule has 0 atom stereocenters. The summed E-state index contributed by atoms with van der Waals surface area (Å²) in [5, 5.41) is 0.569. The first-order valence-corrected chi connectivity index (χ1v) is 13.6. The fourth-order valence-electron chi connectivity index (χ4n) is 4.13. The van der Waals surface area contributed by atoms with Crippen molar-refractivity contribution in [2.24, 2.45) is 5.92 Å². The Morgan fingerprint density at radius 1 is 1.18 bits per heavy atom. The standard InChI is InChI=1S/C26H30ClN3O3S/c1-18(2)15-30-24(14-28-26(30)34(32,33)17-20-7-4-6-19(3)12-20)16-29(23-10-11-23)25(31)21-8-5-9-22(27)13-21/h4-9,12-14,18,23H,10-11,15-17H2,1-3H3. The minimum absolute atomic E-state index is 0.0589. The largest absolute Gasteiger partial charge is 0.330 e. The van der Waals surface area contributed by atoms with E-state index in [2.05, 4.69) is 4.98 Å². The molecule has 0 spiro atoms. The van der Waals surface area contributed by atoms with Crippen LogP contribution in [-0.2, 0) is 28.7 Å². The number of hydrogen-bond acceptors (Lipinski definition) is 4. The summed E-state index contributed by atoms with van der Waals surface area (Å²) in [6.45, 7) is 6.82. The lowest BCUT2D eigenvalue weighted by Crippen LogP contribution is -2.33. The van der Waals surface area contributed by atoms with Crippen molar-refractivity contribution in [3.8, 4) is 0 Å². The second kappa shape index (κ2) is 9.92. The van der Waals surface area contributed by atoms with Gasteiger partial charge in [0.05, 0.1) is 24.2 Å². The first-order valence-electron chi connectivity index (χ1n) is 11.5. The molecular formula is C26H30ClN3O3S. The summed E-state index contributed by atoms with van der Waals surface area (Å²) in [5.74, 6) is -0.0119. The summed E-state index contributed by atoms with van der Waals surface area (Å²) in [5.41, 5.74) is 3.00. The van der Waals surface area contributed by atoms with Crippen molar-refractivity contribution >= 4 is 27.3 Å². The molecule has 180 valence electrons. The quantitative estimate of drug-likeness (QED) is 0.401. The number of sulfone groups is 1. The van der Waals surface area contributed by atoms with E-state index in [1.165, 1.54) is 0 Å². The van der Waals surface area contributed by atoms with Crippen molar-refractivity contribution < 1.29 is 13.2 Å². The summed E-state index contributed by atoms with van der Waals surface area (Å²) in [6.07, 6.45) is 3.47. The number of benzene rings is 2. The number of carbonyl (C=O) groups excluding carboxylic acids is 1. The molecule has 2 aromatic carbocycles. The van der Waals surface area contributed by atoms with Gasteiger partial charge in [-0.3, -0.25) is 4.79 Å². The van der Waals surface area contributed by atoms with Crippen LogP contribution in [0.3, 0.4) is 0 Å². The lowest BCUT2D eigenvalue weighted by atomic mass is 10.2. The molecule has 4 rings (SSSR count). The van der Waals surface area contributed by atoms with E-state index in [1.54, 1.807) is 35.0 Å². The molecular weight excluding hydrogens is 470 g/mol. The lowest BCUT2D eigenvalue weighted by Gasteiger charge is -2.24. The van der Waals surface area contributed by atoms with Crippen molar-refractivity contribution in [3.05, 3.63) is 82.1 Å². The van der Waals surface area contributed by atoms with Gasteiger partial charge in [-0.15, -0.1) is 0 Å². The summed E-state index contributed by atoms with van der Waals surface area (Å²) >= 11 is 6.11. The zero-order valence-electron chi connectivity index (χ0n) is 19.7. The number of aromatic nitrogens is 2. The topological polar surface area (TPSA) is 72.3 Å². The van der Waals surface area contributed by atoms with Gasteiger partial charge in [0.15, 0.2) is 0 Å². The summed E-state index contributed by atoms with van der Waals surface area (Å²) in [7, 11) is -3.67. The molecule has 3 aromatic rings. The Kier molecular flexibility index (Phi) is 7.14. The number of rotatable bonds is 9. The highest BCUT2D eigenvalue weighted by atomic mass is 35.5. The maximum absolute atomic E-state index is 13.4. The maximum Gasteiger partial charge on any atom is 0.254 e. The zero-order chi connectivity index (χ0) is 24.5. The molecule has 0 unspecified atom stereocenters. The maximum atomic E-state index is 13.4. The molecule has 0 N–H and O–H groups in total. The van der Waals surface area contributed by atoms with Crippen LogP contribution in [0, 0.1) is 12.8 Å². The first-order chi connectivity index (χ1) is 16.1. The molecule has 6 nitrogen and oxygen atoms in total. The Hall–Kier alpha value is -2.64. The normalized spacial score (nSPS) is 13.9. The molecule has 1 saturated carbocycles. The highest BCUT2D eigenvalue weighted by Gasteiger charge is 2.35. The molecule has 34 heavy (non-hydrogen) atoms. The third-order valence-electron chi connectivity index (χ3n) is 5.82. The average Bonchev–Trinajstić information content (AvgIpc) is 3.52. The predicted octanol–water partition coefficient (Wildman–Crippen LogP) is 5.28. The van der Waals surface area contributed by atoms with Crippen molar-refractivity contribution in [2.45, 2.75) is 63.7 Å². The Morgan fingerprint density at radius 2 is 1.91 bits per heavy atom. The Balaban J connectivity index is 1.66. The van der Waals surface area contributed by atoms with Gasteiger partial charge in [0.25, 0.3) is 5.91 Å². The van der Waals surface area contributed by atoms with Gasteiger partial charge in [0, 0.05) is 23.2 Å². The Labute approximate surface area is 206 Å². The van der Waals surface area contributed by atoms with Gasteiger partial charge in [-0.25, -0.2) is 13.4 Å². The van der Waals surface area contributed by atoms with Crippen LogP contribution in [0.25, 0.3) is 0 Å². The molecule has 8 heteroatoms. The van der Waals surface area contributed by atoms with Crippen LogP contribution in [0.4, 0.5) is 0 Å². The number of imidazole rings is 1. The third kappa shape index (κ3) is 5.70.